The summed E-state index contributed by atoms with van der Waals surface area (Å²) in [6.45, 7) is -0.401. The van der Waals surface area contributed by atoms with E-state index in [2.05, 4.69) is 14.8 Å². The maximum atomic E-state index is 11.2. The van der Waals surface area contributed by atoms with Gasteiger partial charge in [-0.15, -0.1) is 0 Å². The molecule has 1 aromatic carbocycles. The number of aliphatic hydroxyl groups is 1. The molecular formula is C9H13N3O5S. The van der Waals surface area contributed by atoms with Crippen LogP contribution in [0.4, 0.5) is 16.2 Å². The summed E-state index contributed by atoms with van der Waals surface area (Å²) >= 11 is 0. The average Bonchev–Trinajstić information content (AvgIpc) is 2.24. The minimum absolute atomic E-state index is 0.124. The highest BCUT2D eigenvalue weighted by Gasteiger charge is 2.05. The Bertz CT molecular complexity index is 517. The Kier molecular flexibility index (Phi) is 4.89. The summed E-state index contributed by atoms with van der Waals surface area (Å²) in [6, 6.07) is 5.89. The van der Waals surface area contributed by atoms with Gasteiger partial charge in [0.1, 0.15) is 6.61 Å². The van der Waals surface area contributed by atoms with Crippen LogP contribution >= 0.6 is 0 Å². The lowest BCUT2D eigenvalue weighted by atomic mass is 10.3. The number of carbonyl (C=O) groups is 1. The topological polar surface area (TPSA) is 131 Å². The molecule has 8 nitrogen and oxygen atoms in total. The van der Waals surface area contributed by atoms with Crippen molar-refractivity contribution in [2.24, 2.45) is 5.14 Å². The van der Waals surface area contributed by atoms with Crippen molar-refractivity contribution >= 4 is 27.7 Å². The number of carbonyl (C=O) groups excluding carboxylic acids is 1. The molecule has 0 aromatic heterocycles. The lowest BCUT2D eigenvalue weighted by molar-refractivity contribution is 0.131. The fourth-order valence-electron chi connectivity index (χ4n) is 1.12. The second kappa shape index (κ2) is 6.19. The summed E-state index contributed by atoms with van der Waals surface area (Å²) in [5.74, 6) is 0. The first-order valence-corrected chi connectivity index (χ1v) is 6.40. The number of nitrogens with one attached hydrogen (secondary N) is 2. The Labute approximate surface area is 104 Å². The number of nitrogens with two attached hydrogens (primary N) is 1. The molecule has 9 heteroatoms. The number of hydrogen-bond acceptors (Lipinski definition) is 5. The van der Waals surface area contributed by atoms with Gasteiger partial charge in [-0.1, -0.05) is 6.07 Å². The van der Waals surface area contributed by atoms with E-state index in [1.54, 1.807) is 0 Å². The highest BCUT2D eigenvalue weighted by molar-refractivity contribution is 7.90. The highest BCUT2D eigenvalue weighted by Crippen LogP contribution is 2.15. The highest BCUT2D eigenvalue weighted by atomic mass is 32.2. The minimum Gasteiger partial charge on any atom is -0.447 e. The summed E-state index contributed by atoms with van der Waals surface area (Å²) in [6.07, 6.45) is -0.753. The van der Waals surface area contributed by atoms with E-state index in [1.165, 1.54) is 24.3 Å². The van der Waals surface area contributed by atoms with Crippen molar-refractivity contribution in [1.82, 2.24) is 0 Å². The molecule has 0 saturated heterocycles. The first-order chi connectivity index (χ1) is 8.40. The molecule has 5 N–H and O–H groups in total. The van der Waals surface area contributed by atoms with Crippen molar-refractivity contribution in [1.29, 1.82) is 0 Å². The molecule has 100 valence electrons. The SMILES string of the molecule is NS(=O)(=O)Nc1cccc(NC(=O)OCCO)c1. The zero-order valence-corrected chi connectivity index (χ0v) is 10.1. The third kappa shape index (κ3) is 5.48. The molecule has 0 heterocycles. The number of amides is 1. The average molecular weight is 275 g/mol. The van der Waals surface area contributed by atoms with Crippen molar-refractivity contribution in [3.63, 3.8) is 0 Å². The Morgan fingerprint density at radius 1 is 1.39 bits per heavy atom. The van der Waals surface area contributed by atoms with Gasteiger partial charge in [0, 0.05) is 5.69 Å². The minimum atomic E-state index is -3.86. The predicted octanol–water partition coefficient (Wildman–Crippen LogP) is -0.157. The van der Waals surface area contributed by atoms with Crippen LogP contribution in [-0.4, -0.2) is 32.8 Å². The number of benzene rings is 1. The second-order valence-corrected chi connectivity index (χ2v) is 4.51. The number of ether oxygens (including phenoxy) is 1. The quantitative estimate of drug-likeness (QED) is 0.593. The summed E-state index contributed by atoms with van der Waals surface area (Å²) < 4.78 is 28.2. The van der Waals surface area contributed by atoms with Crippen LogP contribution in [0.5, 0.6) is 0 Å². The summed E-state index contributed by atoms with van der Waals surface area (Å²) in [4.78, 5) is 11.2. The lowest BCUT2D eigenvalue weighted by Crippen LogP contribution is -2.22. The Balaban J connectivity index is 2.68. The maximum Gasteiger partial charge on any atom is 0.411 e. The fraction of sp³-hybridized carbons (Fsp3) is 0.222. The van der Waals surface area contributed by atoms with E-state index < -0.39 is 16.3 Å². The molecule has 0 spiro atoms. The summed E-state index contributed by atoms with van der Waals surface area (Å²) in [5.41, 5.74) is 0.532. The molecule has 1 rings (SSSR count). The molecule has 0 fully saturated rings. The zero-order chi connectivity index (χ0) is 13.6. The van der Waals surface area contributed by atoms with E-state index >= 15 is 0 Å². The van der Waals surface area contributed by atoms with Crippen LogP contribution < -0.4 is 15.2 Å². The van der Waals surface area contributed by atoms with Crippen molar-refractivity contribution in [3.05, 3.63) is 24.3 Å². The number of aliphatic hydroxyl groups excluding tert-OH is 1. The monoisotopic (exact) mass is 275 g/mol. The van der Waals surface area contributed by atoms with Gasteiger partial charge in [0.15, 0.2) is 0 Å². The number of anilines is 2. The van der Waals surface area contributed by atoms with Gasteiger partial charge in [-0.3, -0.25) is 10.0 Å². The van der Waals surface area contributed by atoms with Gasteiger partial charge in [-0.05, 0) is 18.2 Å². The van der Waals surface area contributed by atoms with Crippen molar-refractivity contribution in [2.45, 2.75) is 0 Å². The molecule has 0 bridgehead atoms. The predicted molar refractivity (Wildman–Crippen MR) is 65.2 cm³/mol. The molecule has 1 amide bonds. The van der Waals surface area contributed by atoms with Crippen LogP contribution in [-0.2, 0) is 14.9 Å². The van der Waals surface area contributed by atoms with E-state index in [1.807, 2.05) is 0 Å². The molecule has 0 aliphatic carbocycles. The van der Waals surface area contributed by atoms with Gasteiger partial charge < -0.3 is 9.84 Å². The van der Waals surface area contributed by atoms with E-state index in [9.17, 15) is 13.2 Å². The van der Waals surface area contributed by atoms with Gasteiger partial charge in [0.05, 0.1) is 12.3 Å². The van der Waals surface area contributed by atoms with Gasteiger partial charge in [0.25, 0.3) is 10.2 Å². The van der Waals surface area contributed by atoms with Crippen molar-refractivity contribution < 1.29 is 23.1 Å². The van der Waals surface area contributed by atoms with E-state index in [4.69, 9.17) is 10.2 Å². The second-order valence-electron chi connectivity index (χ2n) is 3.21. The zero-order valence-electron chi connectivity index (χ0n) is 9.29. The van der Waals surface area contributed by atoms with Gasteiger partial charge in [0.2, 0.25) is 0 Å². The van der Waals surface area contributed by atoms with Crippen molar-refractivity contribution in [3.8, 4) is 0 Å². The van der Waals surface area contributed by atoms with Crippen LogP contribution in [0.3, 0.4) is 0 Å². The molecule has 0 unspecified atom stereocenters. The van der Waals surface area contributed by atoms with E-state index in [0.717, 1.165) is 0 Å². The third-order valence-corrected chi connectivity index (χ3v) is 2.21. The molecule has 1 aromatic rings. The van der Waals surface area contributed by atoms with Crippen LogP contribution in [0.1, 0.15) is 0 Å². The smallest absolute Gasteiger partial charge is 0.411 e. The molecule has 0 aliphatic heterocycles. The number of hydrogen-bond donors (Lipinski definition) is 4. The molecule has 0 aliphatic rings. The Morgan fingerprint density at radius 2 is 2.06 bits per heavy atom. The Hall–Kier alpha value is -1.84. The molecule has 0 saturated carbocycles. The number of rotatable bonds is 5. The molecule has 0 atom stereocenters. The first-order valence-electron chi connectivity index (χ1n) is 4.86. The molecular weight excluding hydrogens is 262 g/mol. The summed E-state index contributed by atoms with van der Waals surface area (Å²) in [7, 11) is -3.86. The van der Waals surface area contributed by atoms with Gasteiger partial charge in [-0.25, -0.2) is 9.93 Å². The lowest BCUT2D eigenvalue weighted by Gasteiger charge is -2.08. The van der Waals surface area contributed by atoms with Crippen molar-refractivity contribution in [2.75, 3.05) is 23.3 Å². The fourth-order valence-corrected chi connectivity index (χ4v) is 1.57. The normalized spacial score (nSPS) is 10.8. The van der Waals surface area contributed by atoms with E-state index in [-0.39, 0.29) is 18.9 Å². The largest absolute Gasteiger partial charge is 0.447 e. The van der Waals surface area contributed by atoms with Crippen LogP contribution in [0.25, 0.3) is 0 Å². The standard InChI is InChI=1S/C9H13N3O5S/c10-18(15,16)12-8-3-1-2-7(6-8)11-9(14)17-5-4-13/h1-3,6,12-13H,4-5H2,(H,11,14)(H2,10,15,16). The summed E-state index contributed by atoms with van der Waals surface area (Å²) in [5, 5.41) is 15.6. The van der Waals surface area contributed by atoms with Crippen LogP contribution in [0.15, 0.2) is 24.3 Å². The third-order valence-electron chi connectivity index (χ3n) is 1.69. The molecule has 18 heavy (non-hydrogen) atoms. The maximum absolute atomic E-state index is 11.2. The Morgan fingerprint density at radius 3 is 2.67 bits per heavy atom. The van der Waals surface area contributed by atoms with Crippen LogP contribution in [0.2, 0.25) is 0 Å². The van der Waals surface area contributed by atoms with E-state index in [0.29, 0.717) is 5.69 Å². The molecule has 0 radical (unpaired) electrons. The first kappa shape index (κ1) is 14.2. The van der Waals surface area contributed by atoms with Gasteiger partial charge in [-0.2, -0.15) is 8.42 Å². The van der Waals surface area contributed by atoms with Gasteiger partial charge >= 0.3 is 6.09 Å². The van der Waals surface area contributed by atoms with Crippen LogP contribution in [0, 0.1) is 0 Å².